The second-order valence-electron chi connectivity index (χ2n) is 8.14. The van der Waals surface area contributed by atoms with Crippen molar-refractivity contribution in [3.8, 4) is 16.9 Å². The highest BCUT2D eigenvalue weighted by atomic mass is 16.6. The van der Waals surface area contributed by atoms with E-state index < -0.39 is 12.2 Å². The molecule has 5 heteroatoms. The predicted molar refractivity (Wildman–Crippen MR) is 118 cm³/mol. The minimum absolute atomic E-state index is 0.0131. The molecule has 2 atom stereocenters. The molecule has 3 aromatic rings. The first-order valence-corrected chi connectivity index (χ1v) is 10.6. The molecule has 0 aromatic heterocycles. The fraction of sp³-hybridized carbons (Fsp3) is 0.269. The van der Waals surface area contributed by atoms with Crippen molar-refractivity contribution in [2.75, 3.05) is 20.3 Å². The van der Waals surface area contributed by atoms with Crippen LogP contribution < -0.4 is 4.74 Å². The number of β-amino-alcohol motifs (C(OH)–C–C–N with tert-alkyl or cyclic N) is 1. The minimum atomic E-state index is -0.573. The number of rotatable bonds is 4. The zero-order valence-electron chi connectivity index (χ0n) is 17.4. The van der Waals surface area contributed by atoms with E-state index in [1.165, 1.54) is 22.3 Å². The van der Waals surface area contributed by atoms with Crippen molar-refractivity contribution in [3.63, 3.8) is 0 Å². The van der Waals surface area contributed by atoms with E-state index in [1.54, 1.807) is 12.0 Å². The van der Waals surface area contributed by atoms with Crippen molar-refractivity contribution >= 4 is 6.09 Å². The van der Waals surface area contributed by atoms with Crippen LogP contribution in [0.1, 0.15) is 35.1 Å². The Kier molecular flexibility index (Phi) is 5.12. The molecule has 0 radical (unpaired) electrons. The van der Waals surface area contributed by atoms with Gasteiger partial charge in [0.2, 0.25) is 0 Å². The fourth-order valence-corrected chi connectivity index (χ4v) is 4.86. The van der Waals surface area contributed by atoms with E-state index in [-0.39, 0.29) is 25.1 Å². The maximum Gasteiger partial charge on any atom is 0.410 e. The van der Waals surface area contributed by atoms with E-state index in [0.717, 1.165) is 11.3 Å². The Morgan fingerprint density at radius 1 is 1.00 bits per heavy atom. The van der Waals surface area contributed by atoms with Crippen LogP contribution in [0.4, 0.5) is 4.79 Å². The van der Waals surface area contributed by atoms with E-state index in [9.17, 15) is 9.90 Å². The summed E-state index contributed by atoms with van der Waals surface area (Å²) in [5, 5.41) is 10.3. The molecule has 31 heavy (non-hydrogen) atoms. The zero-order chi connectivity index (χ0) is 21.4. The standard InChI is InChI=1S/C26H25NO4/c1-30-19-8-6-7-17(13-19)25-14-18(28)15-27(25)26(29)31-16-24-22-11-4-2-9-20(22)21-10-3-5-12-23(21)24/h2-13,18,24-25,28H,14-16H2,1H3. The molecule has 1 aliphatic carbocycles. The lowest BCUT2D eigenvalue weighted by Crippen LogP contribution is -2.33. The van der Waals surface area contributed by atoms with Gasteiger partial charge < -0.3 is 14.6 Å². The SMILES string of the molecule is COc1cccc(C2CC(O)CN2C(=O)OCC2c3ccccc3-c3ccccc32)c1. The summed E-state index contributed by atoms with van der Waals surface area (Å²) in [5.41, 5.74) is 5.70. The third-order valence-corrected chi connectivity index (χ3v) is 6.33. The normalized spacial score (nSPS) is 19.7. The summed E-state index contributed by atoms with van der Waals surface area (Å²) in [6.07, 6.45) is -0.486. The van der Waals surface area contributed by atoms with Crippen LogP contribution in [0.15, 0.2) is 72.8 Å². The molecule has 1 saturated heterocycles. The number of fused-ring (bicyclic) bond motifs is 3. The van der Waals surface area contributed by atoms with Crippen LogP contribution in [0.2, 0.25) is 0 Å². The molecular formula is C26H25NO4. The van der Waals surface area contributed by atoms with Crippen molar-refractivity contribution in [1.29, 1.82) is 0 Å². The van der Waals surface area contributed by atoms with Crippen LogP contribution in [0, 0.1) is 0 Å². The Hall–Kier alpha value is -3.31. The molecule has 1 fully saturated rings. The molecule has 1 heterocycles. The maximum atomic E-state index is 13.1. The quantitative estimate of drug-likeness (QED) is 0.668. The van der Waals surface area contributed by atoms with Crippen LogP contribution in [-0.4, -0.2) is 42.5 Å². The molecule has 5 nitrogen and oxygen atoms in total. The smallest absolute Gasteiger partial charge is 0.410 e. The van der Waals surface area contributed by atoms with Gasteiger partial charge >= 0.3 is 6.09 Å². The third kappa shape index (κ3) is 3.55. The lowest BCUT2D eigenvalue weighted by molar-refractivity contribution is 0.0909. The van der Waals surface area contributed by atoms with Gasteiger partial charge in [0.15, 0.2) is 0 Å². The van der Waals surface area contributed by atoms with Gasteiger partial charge in [0.1, 0.15) is 12.4 Å². The Morgan fingerprint density at radius 3 is 2.35 bits per heavy atom. The number of nitrogens with zero attached hydrogens (tertiary/aromatic N) is 1. The average Bonchev–Trinajstić information content (AvgIpc) is 3.36. The number of ether oxygens (including phenoxy) is 2. The van der Waals surface area contributed by atoms with Crippen LogP contribution >= 0.6 is 0 Å². The van der Waals surface area contributed by atoms with Crippen LogP contribution in [-0.2, 0) is 4.74 Å². The Balaban J connectivity index is 1.35. The lowest BCUT2D eigenvalue weighted by atomic mass is 9.98. The number of amides is 1. The second-order valence-corrected chi connectivity index (χ2v) is 8.14. The molecule has 0 spiro atoms. The highest BCUT2D eigenvalue weighted by Crippen LogP contribution is 2.44. The van der Waals surface area contributed by atoms with Gasteiger partial charge in [-0.05, 0) is 46.4 Å². The van der Waals surface area contributed by atoms with Gasteiger partial charge in [-0.15, -0.1) is 0 Å². The van der Waals surface area contributed by atoms with E-state index >= 15 is 0 Å². The summed E-state index contributed by atoms with van der Waals surface area (Å²) in [6.45, 7) is 0.531. The molecular weight excluding hydrogens is 390 g/mol. The highest BCUT2D eigenvalue weighted by molar-refractivity contribution is 5.79. The Labute approximate surface area is 181 Å². The summed E-state index contributed by atoms with van der Waals surface area (Å²) in [5.74, 6) is 0.741. The van der Waals surface area contributed by atoms with E-state index in [0.29, 0.717) is 6.42 Å². The molecule has 0 bridgehead atoms. The van der Waals surface area contributed by atoms with Gasteiger partial charge in [0, 0.05) is 5.92 Å². The fourth-order valence-electron chi connectivity index (χ4n) is 4.86. The molecule has 0 saturated carbocycles. The number of hydrogen-bond donors (Lipinski definition) is 1. The molecule has 1 aliphatic heterocycles. The molecule has 5 rings (SSSR count). The number of likely N-dealkylation sites (tertiary alicyclic amines) is 1. The van der Waals surface area contributed by atoms with Crippen LogP contribution in [0.3, 0.4) is 0 Å². The number of carbonyl (C=O) groups excluding carboxylic acids is 1. The third-order valence-electron chi connectivity index (χ3n) is 6.33. The van der Waals surface area contributed by atoms with Crippen LogP contribution in [0.5, 0.6) is 5.75 Å². The van der Waals surface area contributed by atoms with Crippen LogP contribution in [0.25, 0.3) is 11.1 Å². The molecule has 1 amide bonds. The highest BCUT2D eigenvalue weighted by Gasteiger charge is 2.37. The number of benzene rings is 3. The second kappa shape index (κ2) is 8.08. The van der Waals surface area contributed by atoms with Crippen molar-refractivity contribution in [1.82, 2.24) is 4.90 Å². The van der Waals surface area contributed by atoms with E-state index in [4.69, 9.17) is 9.47 Å². The maximum absolute atomic E-state index is 13.1. The predicted octanol–water partition coefficient (Wildman–Crippen LogP) is 4.75. The van der Waals surface area contributed by atoms with Crippen molar-refractivity contribution in [2.45, 2.75) is 24.5 Å². The largest absolute Gasteiger partial charge is 0.497 e. The molecule has 158 valence electrons. The lowest BCUT2D eigenvalue weighted by Gasteiger charge is -2.25. The summed E-state index contributed by atoms with van der Waals surface area (Å²) < 4.78 is 11.1. The van der Waals surface area contributed by atoms with Gasteiger partial charge in [-0.25, -0.2) is 4.79 Å². The summed E-state index contributed by atoms with van der Waals surface area (Å²) in [7, 11) is 1.62. The van der Waals surface area contributed by atoms with Gasteiger partial charge in [-0.1, -0.05) is 60.7 Å². The zero-order valence-corrected chi connectivity index (χ0v) is 17.4. The van der Waals surface area contributed by atoms with Gasteiger partial charge in [0.05, 0.1) is 25.8 Å². The van der Waals surface area contributed by atoms with Gasteiger partial charge in [-0.2, -0.15) is 0 Å². The van der Waals surface area contributed by atoms with Crippen molar-refractivity contribution in [3.05, 3.63) is 89.5 Å². The first kappa shape index (κ1) is 19.6. The number of aliphatic hydroxyl groups excluding tert-OH is 1. The van der Waals surface area contributed by atoms with Gasteiger partial charge in [-0.3, -0.25) is 4.90 Å². The van der Waals surface area contributed by atoms with E-state index in [2.05, 4.69) is 24.3 Å². The first-order chi connectivity index (χ1) is 15.2. The number of methoxy groups -OCH3 is 1. The topological polar surface area (TPSA) is 59.0 Å². The minimum Gasteiger partial charge on any atom is -0.497 e. The molecule has 1 N–H and O–H groups in total. The summed E-state index contributed by atoms with van der Waals surface area (Å²) >= 11 is 0. The number of carbonyl (C=O) groups is 1. The Bertz CT molecular complexity index is 1070. The molecule has 2 aliphatic rings. The monoisotopic (exact) mass is 415 g/mol. The van der Waals surface area contributed by atoms with Crippen molar-refractivity contribution < 1.29 is 19.4 Å². The summed E-state index contributed by atoms with van der Waals surface area (Å²) in [4.78, 5) is 14.7. The van der Waals surface area contributed by atoms with Crippen molar-refractivity contribution in [2.24, 2.45) is 0 Å². The average molecular weight is 415 g/mol. The van der Waals surface area contributed by atoms with Gasteiger partial charge in [0.25, 0.3) is 0 Å². The number of aliphatic hydroxyl groups is 1. The molecule has 3 aromatic carbocycles. The summed E-state index contributed by atoms with van der Waals surface area (Å²) in [6, 6.07) is 24.0. The van der Waals surface area contributed by atoms with E-state index in [1.807, 2.05) is 48.5 Å². The number of hydrogen-bond acceptors (Lipinski definition) is 4. The Morgan fingerprint density at radius 2 is 1.68 bits per heavy atom. The molecule has 2 unspecified atom stereocenters. The first-order valence-electron chi connectivity index (χ1n) is 10.6.